The van der Waals surface area contributed by atoms with Crippen LogP contribution in [-0.2, 0) is 6.42 Å². The van der Waals surface area contributed by atoms with Crippen molar-refractivity contribution in [2.45, 2.75) is 110 Å². The van der Waals surface area contributed by atoms with Crippen LogP contribution in [0, 0.1) is 0 Å². The van der Waals surface area contributed by atoms with E-state index in [9.17, 15) is 10.2 Å². The molecule has 0 saturated carbocycles. The molecule has 30 heavy (non-hydrogen) atoms. The maximum Gasteiger partial charge on any atom is 0.181 e. The van der Waals surface area contributed by atoms with Gasteiger partial charge >= 0.3 is 0 Å². The molecule has 0 spiro atoms. The van der Waals surface area contributed by atoms with Crippen LogP contribution in [0.25, 0.3) is 11.4 Å². The quantitative estimate of drug-likeness (QED) is 0.187. The smallest absolute Gasteiger partial charge is 0.181 e. The van der Waals surface area contributed by atoms with Gasteiger partial charge in [0.1, 0.15) is 5.82 Å². The number of H-pyrrole nitrogens is 1. The molecule has 3 N–H and O–H groups in total. The molecule has 0 unspecified atom stereocenters. The second kappa shape index (κ2) is 14.9. The number of phenols is 2. The maximum atomic E-state index is 9.60. The van der Waals surface area contributed by atoms with Crippen molar-refractivity contribution in [1.29, 1.82) is 0 Å². The van der Waals surface area contributed by atoms with Crippen LogP contribution in [-0.4, -0.2) is 25.4 Å². The zero-order chi connectivity index (χ0) is 21.4. The monoisotopic (exact) mass is 415 g/mol. The van der Waals surface area contributed by atoms with Crippen LogP contribution in [0.2, 0.25) is 0 Å². The van der Waals surface area contributed by atoms with Gasteiger partial charge in [-0.3, -0.25) is 5.10 Å². The third kappa shape index (κ3) is 9.64. The molecule has 0 atom stereocenters. The first kappa shape index (κ1) is 24.2. The van der Waals surface area contributed by atoms with E-state index in [1.54, 1.807) is 6.07 Å². The summed E-state index contributed by atoms with van der Waals surface area (Å²) < 4.78 is 0. The summed E-state index contributed by atoms with van der Waals surface area (Å²) in [6.45, 7) is 2.28. The molecule has 2 rings (SSSR count). The molecule has 5 heteroatoms. The van der Waals surface area contributed by atoms with Crippen molar-refractivity contribution < 1.29 is 10.2 Å². The van der Waals surface area contributed by atoms with Crippen molar-refractivity contribution in [3.05, 3.63) is 24.0 Å². The van der Waals surface area contributed by atoms with Gasteiger partial charge in [0.2, 0.25) is 0 Å². The largest absolute Gasteiger partial charge is 0.504 e. The molecule has 168 valence electrons. The Hall–Kier alpha value is -2.04. The van der Waals surface area contributed by atoms with Crippen molar-refractivity contribution in [3.8, 4) is 22.9 Å². The average Bonchev–Trinajstić information content (AvgIpc) is 3.22. The lowest BCUT2D eigenvalue weighted by atomic mass is 10.0. The highest BCUT2D eigenvalue weighted by Crippen LogP contribution is 2.28. The van der Waals surface area contributed by atoms with Crippen molar-refractivity contribution in [2.75, 3.05) is 0 Å². The van der Waals surface area contributed by atoms with Gasteiger partial charge < -0.3 is 10.2 Å². The normalized spacial score (nSPS) is 11.2. The van der Waals surface area contributed by atoms with E-state index in [1.807, 2.05) is 0 Å². The Morgan fingerprint density at radius 2 is 1.23 bits per heavy atom. The second-order valence-electron chi connectivity index (χ2n) is 8.51. The summed E-state index contributed by atoms with van der Waals surface area (Å²) in [4.78, 5) is 4.50. The van der Waals surface area contributed by atoms with Gasteiger partial charge in [-0.2, -0.15) is 5.10 Å². The third-order valence-electron chi connectivity index (χ3n) is 5.78. The van der Waals surface area contributed by atoms with Crippen LogP contribution in [0.4, 0.5) is 0 Å². The first-order chi connectivity index (χ1) is 14.7. The lowest BCUT2D eigenvalue weighted by Crippen LogP contribution is -1.89. The van der Waals surface area contributed by atoms with Gasteiger partial charge in [-0.05, 0) is 24.6 Å². The van der Waals surface area contributed by atoms with Crippen LogP contribution in [0.5, 0.6) is 11.5 Å². The Kier molecular flexibility index (Phi) is 12.0. The van der Waals surface area contributed by atoms with Crippen LogP contribution in [0.15, 0.2) is 18.2 Å². The van der Waals surface area contributed by atoms with Gasteiger partial charge in [-0.25, -0.2) is 4.98 Å². The van der Waals surface area contributed by atoms with Gasteiger partial charge in [-0.1, -0.05) is 96.8 Å². The summed E-state index contributed by atoms with van der Waals surface area (Å²) in [5, 5.41) is 26.2. The number of phenolic OH excluding ortho intramolecular Hbond substituents is 2. The Bertz CT molecular complexity index is 699. The summed E-state index contributed by atoms with van der Waals surface area (Å²) in [7, 11) is 0. The van der Waals surface area contributed by atoms with E-state index in [1.165, 1.54) is 102 Å². The highest BCUT2D eigenvalue weighted by atomic mass is 16.3. The minimum absolute atomic E-state index is 0.132. The Balaban J connectivity index is 1.43. The zero-order valence-electron chi connectivity index (χ0n) is 18.8. The number of aromatic nitrogens is 3. The van der Waals surface area contributed by atoms with Crippen LogP contribution < -0.4 is 0 Å². The molecule has 1 heterocycles. The van der Waals surface area contributed by atoms with Gasteiger partial charge in [0.05, 0.1) is 0 Å². The van der Waals surface area contributed by atoms with Crippen molar-refractivity contribution in [1.82, 2.24) is 15.2 Å². The fourth-order valence-corrected chi connectivity index (χ4v) is 3.86. The Labute approximate surface area is 182 Å². The average molecular weight is 416 g/mol. The predicted octanol–water partition coefficient (Wildman–Crippen LogP) is 7.30. The number of hydrogen-bond acceptors (Lipinski definition) is 4. The summed E-state index contributed by atoms with van der Waals surface area (Å²) in [5.41, 5.74) is 0.698. The summed E-state index contributed by atoms with van der Waals surface area (Å²) in [6.07, 6.45) is 21.4. The molecular weight excluding hydrogens is 374 g/mol. The van der Waals surface area contributed by atoms with Gasteiger partial charge in [0, 0.05) is 12.0 Å². The molecule has 1 aromatic heterocycles. The van der Waals surface area contributed by atoms with Crippen LogP contribution in [0.1, 0.15) is 109 Å². The molecule has 0 bridgehead atoms. The number of aryl methyl sites for hydroxylation is 1. The number of unbranched alkanes of at least 4 members (excludes halogenated alkanes) is 14. The van der Waals surface area contributed by atoms with Gasteiger partial charge in [0.15, 0.2) is 17.3 Å². The molecule has 0 aliphatic carbocycles. The fraction of sp³-hybridized carbons (Fsp3) is 0.680. The second-order valence-corrected chi connectivity index (χ2v) is 8.51. The van der Waals surface area contributed by atoms with E-state index in [2.05, 4.69) is 22.1 Å². The molecule has 0 amide bonds. The van der Waals surface area contributed by atoms with Crippen LogP contribution >= 0.6 is 0 Å². The van der Waals surface area contributed by atoms with Crippen molar-refractivity contribution >= 4 is 0 Å². The van der Waals surface area contributed by atoms with E-state index < -0.39 is 0 Å². The maximum absolute atomic E-state index is 9.60. The highest BCUT2D eigenvalue weighted by Gasteiger charge is 2.08. The topological polar surface area (TPSA) is 82.0 Å². The summed E-state index contributed by atoms with van der Waals surface area (Å²) in [6, 6.07) is 4.64. The number of nitrogens with one attached hydrogen (secondary N) is 1. The first-order valence-electron chi connectivity index (χ1n) is 12.1. The molecule has 5 nitrogen and oxygen atoms in total. The third-order valence-corrected chi connectivity index (χ3v) is 5.78. The SMILES string of the molecule is CCCCCCCCCCCCCCCCCc1nc(-c2ccc(O)c(O)c2)n[nH]1. The lowest BCUT2D eigenvalue weighted by Gasteiger charge is -2.03. The molecule has 0 saturated heterocycles. The number of benzene rings is 1. The lowest BCUT2D eigenvalue weighted by molar-refractivity contribution is 0.404. The standard InChI is InChI=1S/C25H41N3O2/c1-2-3-4-5-6-7-8-9-10-11-12-13-14-15-16-17-24-26-25(28-27-24)21-18-19-22(29)23(30)20-21/h18-20,29-30H,2-17H2,1H3,(H,26,27,28). The fourth-order valence-electron chi connectivity index (χ4n) is 3.86. The van der Waals surface area contributed by atoms with E-state index in [0.29, 0.717) is 11.4 Å². The summed E-state index contributed by atoms with van der Waals surface area (Å²) in [5.74, 6) is 1.15. The van der Waals surface area contributed by atoms with Gasteiger partial charge in [-0.15, -0.1) is 0 Å². The van der Waals surface area contributed by atoms with E-state index in [0.717, 1.165) is 18.7 Å². The van der Waals surface area contributed by atoms with Crippen LogP contribution in [0.3, 0.4) is 0 Å². The number of nitrogens with zero attached hydrogens (tertiary/aromatic N) is 2. The zero-order valence-corrected chi connectivity index (χ0v) is 18.8. The molecule has 0 fully saturated rings. The minimum atomic E-state index is -0.152. The molecule has 0 aliphatic rings. The van der Waals surface area contributed by atoms with E-state index >= 15 is 0 Å². The number of aromatic hydroxyl groups is 2. The molecule has 1 aromatic carbocycles. The summed E-state index contributed by atoms with van der Waals surface area (Å²) >= 11 is 0. The Morgan fingerprint density at radius 1 is 0.700 bits per heavy atom. The van der Waals surface area contributed by atoms with Crippen molar-refractivity contribution in [3.63, 3.8) is 0 Å². The number of aromatic amines is 1. The molecular formula is C25H41N3O2. The Morgan fingerprint density at radius 3 is 1.77 bits per heavy atom. The van der Waals surface area contributed by atoms with E-state index in [4.69, 9.17) is 0 Å². The predicted molar refractivity (Wildman–Crippen MR) is 124 cm³/mol. The van der Waals surface area contributed by atoms with Crippen molar-refractivity contribution in [2.24, 2.45) is 0 Å². The minimum Gasteiger partial charge on any atom is -0.504 e. The molecule has 0 aliphatic heterocycles. The first-order valence-corrected chi connectivity index (χ1v) is 12.1. The molecule has 0 radical (unpaired) electrons. The number of rotatable bonds is 17. The van der Waals surface area contributed by atoms with E-state index in [-0.39, 0.29) is 11.5 Å². The highest BCUT2D eigenvalue weighted by molar-refractivity contribution is 5.60. The molecule has 2 aromatic rings. The van der Waals surface area contributed by atoms with Gasteiger partial charge in [0.25, 0.3) is 0 Å². The number of hydrogen-bond donors (Lipinski definition) is 3.